The molecule has 2 aromatic carbocycles. The Kier molecular flexibility index (Phi) is 5.00. The molecule has 2 rings (SSSR count). The van der Waals surface area contributed by atoms with E-state index < -0.39 is 35.8 Å². The molecule has 1 N–H and O–H groups in total. The molecule has 0 heterocycles. The second kappa shape index (κ2) is 6.95. The van der Waals surface area contributed by atoms with Crippen LogP contribution in [0.4, 0.5) is 24.5 Å². The summed E-state index contributed by atoms with van der Waals surface area (Å²) in [5, 5.41) is 2.26. The number of hydrogen-bond acceptors (Lipinski definition) is 2. The largest absolute Gasteiger partial charge is 0.322 e. The van der Waals surface area contributed by atoms with E-state index in [0.717, 1.165) is 29.2 Å². The lowest BCUT2D eigenvalue weighted by Gasteiger charge is -2.20. The van der Waals surface area contributed by atoms with E-state index in [-0.39, 0.29) is 5.69 Å². The third-order valence-corrected chi connectivity index (χ3v) is 3.03. The topological polar surface area (TPSA) is 49.4 Å². The third-order valence-electron chi connectivity index (χ3n) is 3.03. The first kappa shape index (κ1) is 16.5. The SMILES string of the molecule is CC(=O)N(CC(=O)Nc1ccc(F)cc1F)c1ccc(F)cc1. The molecule has 0 aliphatic heterocycles. The highest BCUT2D eigenvalue weighted by atomic mass is 19.1. The molecule has 0 aliphatic carbocycles. The Balaban J connectivity index is 2.12. The van der Waals surface area contributed by atoms with Gasteiger partial charge in [-0.25, -0.2) is 13.2 Å². The molecule has 0 aliphatic rings. The Morgan fingerprint density at radius 3 is 2.17 bits per heavy atom. The van der Waals surface area contributed by atoms with Crippen LogP contribution in [-0.2, 0) is 9.59 Å². The monoisotopic (exact) mass is 322 g/mol. The van der Waals surface area contributed by atoms with Crippen molar-refractivity contribution in [1.82, 2.24) is 0 Å². The second-order valence-electron chi connectivity index (χ2n) is 4.75. The zero-order chi connectivity index (χ0) is 17.0. The van der Waals surface area contributed by atoms with Gasteiger partial charge < -0.3 is 10.2 Å². The standard InChI is InChI=1S/C16H13F3N2O2/c1-10(22)21(13-5-2-11(17)3-6-13)9-16(23)20-15-7-4-12(18)8-14(15)19/h2-8H,9H2,1H3,(H,20,23). The lowest BCUT2D eigenvalue weighted by Crippen LogP contribution is -2.36. The van der Waals surface area contributed by atoms with E-state index in [2.05, 4.69) is 5.32 Å². The number of carbonyl (C=O) groups is 2. The molecular formula is C16H13F3N2O2. The molecule has 0 fully saturated rings. The van der Waals surface area contributed by atoms with Crippen LogP contribution in [0.2, 0.25) is 0 Å². The van der Waals surface area contributed by atoms with Gasteiger partial charge in [0.25, 0.3) is 0 Å². The van der Waals surface area contributed by atoms with Crippen molar-refractivity contribution in [1.29, 1.82) is 0 Å². The van der Waals surface area contributed by atoms with E-state index in [1.165, 1.54) is 19.1 Å². The van der Waals surface area contributed by atoms with Crippen molar-refractivity contribution in [2.24, 2.45) is 0 Å². The number of carbonyl (C=O) groups excluding carboxylic acids is 2. The minimum absolute atomic E-state index is 0.195. The van der Waals surface area contributed by atoms with E-state index in [0.29, 0.717) is 11.8 Å². The molecule has 0 atom stereocenters. The summed E-state index contributed by atoms with van der Waals surface area (Å²) >= 11 is 0. The van der Waals surface area contributed by atoms with E-state index >= 15 is 0 Å². The molecule has 0 saturated heterocycles. The number of rotatable bonds is 4. The van der Waals surface area contributed by atoms with Crippen LogP contribution in [0, 0.1) is 17.5 Å². The average Bonchev–Trinajstić information content (AvgIpc) is 2.48. The highest BCUT2D eigenvalue weighted by molar-refractivity contribution is 6.01. The fourth-order valence-electron chi connectivity index (χ4n) is 1.93. The summed E-state index contributed by atoms with van der Waals surface area (Å²) in [5.41, 5.74) is 0.132. The van der Waals surface area contributed by atoms with Gasteiger partial charge in [0, 0.05) is 18.7 Å². The van der Waals surface area contributed by atoms with Gasteiger partial charge in [-0.05, 0) is 36.4 Å². The van der Waals surface area contributed by atoms with E-state index in [1.54, 1.807) is 0 Å². The zero-order valence-corrected chi connectivity index (χ0v) is 12.1. The molecule has 7 heteroatoms. The van der Waals surface area contributed by atoms with Gasteiger partial charge in [-0.2, -0.15) is 0 Å². The molecule has 0 bridgehead atoms. The minimum atomic E-state index is -0.922. The van der Waals surface area contributed by atoms with Crippen molar-refractivity contribution in [3.8, 4) is 0 Å². The van der Waals surface area contributed by atoms with Crippen LogP contribution in [-0.4, -0.2) is 18.4 Å². The van der Waals surface area contributed by atoms with Crippen molar-refractivity contribution in [3.05, 3.63) is 59.9 Å². The summed E-state index contributed by atoms with van der Waals surface area (Å²) in [6, 6.07) is 7.73. The number of hydrogen-bond donors (Lipinski definition) is 1. The number of amides is 2. The molecule has 0 spiro atoms. The van der Waals surface area contributed by atoms with Crippen LogP contribution in [0.15, 0.2) is 42.5 Å². The van der Waals surface area contributed by atoms with Crippen molar-refractivity contribution in [3.63, 3.8) is 0 Å². The maximum atomic E-state index is 13.5. The van der Waals surface area contributed by atoms with Crippen LogP contribution in [0.25, 0.3) is 0 Å². The Bertz CT molecular complexity index is 733. The van der Waals surface area contributed by atoms with Crippen molar-refractivity contribution < 1.29 is 22.8 Å². The number of halogens is 3. The lowest BCUT2D eigenvalue weighted by atomic mass is 10.2. The van der Waals surface area contributed by atoms with Gasteiger partial charge in [-0.3, -0.25) is 9.59 Å². The minimum Gasteiger partial charge on any atom is -0.322 e. The fourth-order valence-corrected chi connectivity index (χ4v) is 1.93. The molecule has 0 saturated carbocycles. The van der Waals surface area contributed by atoms with Crippen LogP contribution < -0.4 is 10.2 Å². The maximum absolute atomic E-state index is 13.5. The molecule has 2 amide bonds. The van der Waals surface area contributed by atoms with Crippen LogP contribution in [0.5, 0.6) is 0 Å². The molecule has 2 aromatic rings. The summed E-state index contributed by atoms with van der Waals surface area (Å²) in [6.45, 7) is 0.854. The average molecular weight is 322 g/mol. The summed E-state index contributed by atoms with van der Waals surface area (Å²) in [5.74, 6) is -3.27. The highest BCUT2D eigenvalue weighted by Crippen LogP contribution is 2.17. The van der Waals surface area contributed by atoms with Gasteiger partial charge >= 0.3 is 0 Å². The molecule has 23 heavy (non-hydrogen) atoms. The molecule has 0 unspecified atom stereocenters. The van der Waals surface area contributed by atoms with Crippen molar-refractivity contribution in [2.45, 2.75) is 6.92 Å². The van der Waals surface area contributed by atoms with Gasteiger partial charge in [0.2, 0.25) is 11.8 Å². The van der Waals surface area contributed by atoms with E-state index in [1.807, 2.05) is 0 Å². The molecule has 0 aromatic heterocycles. The van der Waals surface area contributed by atoms with Crippen LogP contribution >= 0.6 is 0 Å². The van der Waals surface area contributed by atoms with Gasteiger partial charge in [-0.1, -0.05) is 0 Å². The van der Waals surface area contributed by atoms with E-state index in [9.17, 15) is 22.8 Å². The van der Waals surface area contributed by atoms with Crippen LogP contribution in [0.1, 0.15) is 6.92 Å². The summed E-state index contributed by atoms with van der Waals surface area (Å²) in [7, 11) is 0. The zero-order valence-electron chi connectivity index (χ0n) is 12.1. The smallest absolute Gasteiger partial charge is 0.244 e. The maximum Gasteiger partial charge on any atom is 0.244 e. The molecule has 0 radical (unpaired) electrons. The van der Waals surface area contributed by atoms with Crippen LogP contribution in [0.3, 0.4) is 0 Å². The Labute approximate surface area is 130 Å². The Morgan fingerprint density at radius 1 is 1.00 bits per heavy atom. The lowest BCUT2D eigenvalue weighted by molar-refractivity contribution is -0.120. The molecule has 120 valence electrons. The Hall–Kier alpha value is -2.83. The number of benzene rings is 2. The van der Waals surface area contributed by atoms with Gasteiger partial charge in [0.05, 0.1) is 5.69 Å². The second-order valence-corrected chi connectivity index (χ2v) is 4.75. The fraction of sp³-hybridized carbons (Fsp3) is 0.125. The van der Waals surface area contributed by atoms with E-state index in [4.69, 9.17) is 0 Å². The first-order chi connectivity index (χ1) is 10.9. The van der Waals surface area contributed by atoms with Crippen molar-refractivity contribution >= 4 is 23.2 Å². The number of nitrogens with zero attached hydrogens (tertiary/aromatic N) is 1. The summed E-state index contributed by atoms with van der Waals surface area (Å²) in [4.78, 5) is 24.7. The van der Waals surface area contributed by atoms with Crippen molar-refractivity contribution in [2.75, 3.05) is 16.8 Å². The summed E-state index contributed by atoms with van der Waals surface area (Å²) in [6.07, 6.45) is 0. The predicted octanol–water partition coefficient (Wildman–Crippen LogP) is 3.10. The van der Waals surface area contributed by atoms with Gasteiger partial charge in [0.1, 0.15) is 24.0 Å². The highest BCUT2D eigenvalue weighted by Gasteiger charge is 2.17. The number of anilines is 2. The number of nitrogens with one attached hydrogen (secondary N) is 1. The predicted molar refractivity (Wildman–Crippen MR) is 79.4 cm³/mol. The summed E-state index contributed by atoms with van der Waals surface area (Å²) < 4.78 is 39.2. The Morgan fingerprint density at radius 2 is 1.61 bits per heavy atom. The normalized spacial score (nSPS) is 10.3. The third kappa shape index (κ3) is 4.32. The quantitative estimate of drug-likeness (QED) is 0.940. The first-order valence-electron chi connectivity index (χ1n) is 6.65. The van der Waals surface area contributed by atoms with Gasteiger partial charge in [0.15, 0.2) is 0 Å². The first-order valence-corrected chi connectivity index (χ1v) is 6.65. The van der Waals surface area contributed by atoms with Gasteiger partial charge in [-0.15, -0.1) is 0 Å². The molecular weight excluding hydrogens is 309 g/mol. The molecule has 4 nitrogen and oxygen atoms in total.